The molecule has 0 fully saturated rings. The first-order valence-corrected chi connectivity index (χ1v) is 3.83. The van der Waals surface area contributed by atoms with Crippen LogP contribution in [0.2, 0.25) is 0 Å². The monoisotopic (exact) mass is 165 g/mol. The molecule has 0 heterocycles. The molecule has 11 heavy (non-hydrogen) atoms. The third kappa shape index (κ3) is 1.61. The van der Waals surface area contributed by atoms with Crippen LogP contribution in [0, 0.1) is 0 Å². The van der Waals surface area contributed by atoms with E-state index in [1.807, 2.05) is 13.9 Å². The van der Waals surface area contributed by atoms with Crippen molar-refractivity contribution < 1.29 is 4.79 Å². The summed E-state index contributed by atoms with van der Waals surface area (Å²) in [7, 11) is 4.43. The second-order valence-corrected chi connectivity index (χ2v) is 3.10. The molecule has 1 aromatic carbocycles. The Bertz CT molecular complexity index is 301. The Balaban J connectivity index is 3.35. The van der Waals surface area contributed by atoms with Crippen LogP contribution in [-0.2, 0) is 0 Å². The smallest absolute Gasteiger partial charge is 0.152 e. The normalized spacial score (nSPS) is 9.55. The molecule has 0 aromatic heterocycles. The maximum atomic E-state index is 10.4. The molecule has 56 valence electrons. The van der Waals surface area contributed by atoms with Crippen molar-refractivity contribution in [1.29, 1.82) is 0 Å². The number of aldehydes is 1. The van der Waals surface area contributed by atoms with Gasteiger partial charge < -0.3 is 5.73 Å². The maximum absolute atomic E-state index is 10.4. The summed E-state index contributed by atoms with van der Waals surface area (Å²) in [6, 6.07) is 3.70. The molecule has 1 rings (SSSR count). The SMILES string of the molecule is Bc1cc(P)c(N)c(C=O)c1. The van der Waals surface area contributed by atoms with Gasteiger partial charge in [0, 0.05) is 11.3 Å². The molecule has 0 saturated heterocycles. The number of rotatable bonds is 1. The Morgan fingerprint density at radius 1 is 1.55 bits per heavy atom. The Kier molecular flexibility index (Phi) is 2.30. The van der Waals surface area contributed by atoms with Crippen LogP contribution in [0.15, 0.2) is 12.1 Å². The molecule has 0 amide bonds. The molecule has 0 aliphatic heterocycles. The number of nitrogens with two attached hydrogens (primary N) is 1. The van der Waals surface area contributed by atoms with E-state index < -0.39 is 0 Å². The van der Waals surface area contributed by atoms with Crippen LogP contribution in [0.3, 0.4) is 0 Å². The molecule has 1 unspecified atom stereocenters. The van der Waals surface area contributed by atoms with Crippen LogP contribution < -0.4 is 16.5 Å². The molecule has 2 N–H and O–H groups in total. The average Bonchev–Trinajstić information content (AvgIpc) is 1.96. The van der Waals surface area contributed by atoms with Crippen molar-refractivity contribution in [3.63, 3.8) is 0 Å². The number of hydrogen-bond donors (Lipinski definition) is 1. The largest absolute Gasteiger partial charge is 0.398 e. The van der Waals surface area contributed by atoms with E-state index in [0.29, 0.717) is 11.3 Å². The van der Waals surface area contributed by atoms with Gasteiger partial charge >= 0.3 is 0 Å². The quantitative estimate of drug-likeness (QED) is 0.247. The molecule has 0 saturated carbocycles. The van der Waals surface area contributed by atoms with Gasteiger partial charge in [-0.3, -0.25) is 4.79 Å². The fraction of sp³-hybridized carbons (Fsp3) is 0. The zero-order valence-corrected chi connectivity index (χ0v) is 7.45. The van der Waals surface area contributed by atoms with E-state index in [2.05, 4.69) is 9.24 Å². The van der Waals surface area contributed by atoms with E-state index in [9.17, 15) is 4.79 Å². The van der Waals surface area contributed by atoms with Crippen LogP contribution >= 0.6 is 9.24 Å². The molecular formula is C7H9BNOP. The lowest BCUT2D eigenvalue weighted by molar-refractivity contribution is 0.112. The lowest BCUT2D eigenvalue weighted by Crippen LogP contribution is -2.14. The van der Waals surface area contributed by atoms with E-state index in [1.54, 1.807) is 6.07 Å². The van der Waals surface area contributed by atoms with Crippen molar-refractivity contribution in [2.45, 2.75) is 0 Å². The van der Waals surface area contributed by atoms with E-state index in [1.165, 1.54) is 0 Å². The summed E-state index contributed by atoms with van der Waals surface area (Å²) in [6.45, 7) is 0. The second-order valence-electron chi connectivity index (χ2n) is 2.47. The van der Waals surface area contributed by atoms with Crippen LogP contribution in [0.25, 0.3) is 0 Å². The summed E-state index contributed by atoms with van der Waals surface area (Å²) >= 11 is 0. The third-order valence-corrected chi connectivity index (χ3v) is 1.99. The Labute approximate surface area is 68.8 Å². The fourth-order valence-electron chi connectivity index (χ4n) is 0.952. The lowest BCUT2D eigenvalue weighted by Gasteiger charge is -2.03. The molecule has 4 heteroatoms. The van der Waals surface area contributed by atoms with Gasteiger partial charge in [0.05, 0.1) is 0 Å². The molecule has 2 nitrogen and oxygen atoms in total. The summed E-state index contributed by atoms with van der Waals surface area (Å²) in [5, 5.41) is 0.882. The van der Waals surface area contributed by atoms with Crippen LogP contribution in [0.1, 0.15) is 10.4 Å². The van der Waals surface area contributed by atoms with Crippen LogP contribution in [-0.4, -0.2) is 14.1 Å². The van der Waals surface area contributed by atoms with Crippen LogP contribution in [0.4, 0.5) is 5.69 Å². The van der Waals surface area contributed by atoms with Gasteiger partial charge in [0.15, 0.2) is 6.29 Å². The Hall–Kier alpha value is -0.815. The molecule has 1 atom stereocenters. The number of anilines is 1. The number of hydrogen-bond acceptors (Lipinski definition) is 2. The van der Waals surface area contributed by atoms with Crippen molar-refractivity contribution in [3.05, 3.63) is 17.7 Å². The molecular weight excluding hydrogens is 156 g/mol. The summed E-state index contributed by atoms with van der Waals surface area (Å²) < 4.78 is 0. The maximum Gasteiger partial charge on any atom is 0.152 e. The van der Waals surface area contributed by atoms with Crippen molar-refractivity contribution >= 4 is 39.8 Å². The summed E-state index contributed by atoms with van der Waals surface area (Å²) in [5.41, 5.74) is 7.77. The predicted molar refractivity (Wildman–Crippen MR) is 53.8 cm³/mol. The highest BCUT2D eigenvalue weighted by molar-refractivity contribution is 7.28. The third-order valence-electron chi connectivity index (χ3n) is 1.52. The first kappa shape index (κ1) is 8.28. The highest BCUT2D eigenvalue weighted by atomic mass is 31.0. The minimum atomic E-state index is 0.551. The van der Waals surface area contributed by atoms with E-state index in [4.69, 9.17) is 5.73 Å². The lowest BCUT2D eigenvalue weighted by atomic mass is 9.94. The topological polar surface area (TPSA) is 43.1 Å². The summed E-state index contributed by atoms with van der Waals surface area (Å²) in [5.74, 6) is 0. The number of carbonyl (C=O) groups is 1. The highest BCUT2D eigenvalue weighted by Gasteiger charge is 2.00. The van der Waals surface area contributed by atoms with Gasteiger partial charge in [0.25, 0.3) is 0 Å². The zero-order valence-electron chi connectivity index (χ0n) is 6.29. The van der Waals surface area contributed by atoms with Gasteiger partial charge in [-0.25, -0.2) is 0 Å². The molecule has 1 aromatic rings. The van der Waals surface area contributed by atoms with Crippen molar-refractivity contribution in [1.82, 2.24) is 0 Å². The molecule has 0 aliphatic rings. The standard InChI is InChI=1S/C7H9BNOP/c8-5-1-4(3-10)7(9)6(11)2-5/h1-3H,8-9,11H2. The first-order valence-electron chi connectivity index (χ1n) is 3.26. The molecule has 0 bridgehead atoms. The number of carbonyl (C=O) groups excluding carboxylic acids is 1. The number of benzene rings is 1. The van der Waals surface area contributed by atoms with Gasteiger partial charge in [-0.2, -0.15) is 0 Å². The zero-order chi connectivity index (χ0) is 8.43. The minimum Gasteiger partial charge on any atom is -0.398 e. The fourth-order valence-corrected chi connectivity index (χ4v) is 1.38. The van der Waals surface area contributed by atoms with Crippen LogP contribution in [0.5, 0.6) is 0 Å². The van der Waals surface area contributed by atoms with Crippen molar-refractivity contribution in [3.8, 4) is 0 Å². The molecule has 0 spiro atoms. The van der Waals surface area contributed by atoms with Gasteiger partial charge in [-0.1, -0.05) is 17.6 Å². The predicted octanol–water partition coefficient (Wildman–Crippen LogP) is -1.16. The van der Waals surface area contributed by atoms with E-state index >= 15 is 0 Å². The van der Waals surface area contributed by atoms with E-state index in [0.717, 1.165) is 17.1 Å². The van der Waals surface area contributed by atoms with Gasteiger partial charge in [-0.05, 0) is 5.30 Å². The summed E-state index contributed by atoms with van der Waals surface area (Å²) in [4.78, 5) is 10.4. The van der Waals surface area contributed by atoms with Gasteiger partial charge in [0.2, 0.25) is 0 Å². The van der Waals surface area contributed by atoms with Gasteiger partial charge in [-0.15, -0.1) is 9.24 Å². The number of nitrogen functional groups attached to an aromatic ring is 1. The Morgan fingerprint density at radius 3 is 2.73 bits per heavy atom. The van der Waals surface area contributed by atoms with E-state index in [-0.39, 0.29) is 0 Å². The average molecular weight is 165 g/mol. The first-order chi connectivity index (χ1) is 5.15. The Morgan fingerprint density at radius 2 is 2.18 bits per heavy atom. The second kappa shape index (κ2) is 3.06. The van der Waals surface area contributed by atoms with Gasteiger partial charge in [0.1, 0.15) is 7.85 Å². The van der Waals surface area contributed by atoms with Crippen molar-refractivity contribution in [2.24, 2.45) is 0 Å². The minimum absolute atomic E-state index is 0.551. The summed E-state index contributed by atoms with van der Waals surface area (Å²) in [6.07, 6.45) is 0.774. The highest BCUT2D eigenvalue weighted by Crippen LogP contribution is 2.06. The molecule has 0 radical (unpaired) electrons. The molecule has 0 aliphatic carbocycles. The van der Waals surface area contributed by atoms with Crippen molar-refractivity contribution in [2.75, 3.05) is 5.73 Å².